The topological polar surface area (TPSA) is 92.1 Å². The van der Waals surface area contributed by atoms with Crippen LogP contribution in [-0.2, 0) is 11.3 Å². The van der Waals surface area contributed by atoms with Crippen LogP contribution < -0.4 is 0 Å². The highest BCUT2D eigenvalue weighted by Gasteiger charge is 2.12. The molecule has 0 aliphatic carbocycles. The molecule has 0 saturated heterocycles. The van der Waals surface area contributed by atoms with Crippen LogP contribution in [0.15, 0.2) is 59.7 Å². The molecule has 0 aliphatic rings. The highest BCUT2D eigenvalue weighted by molar-refractivity contribution is 5.96. The van der Waals surface area contributed by atoms with Crippen LogP contribution in [0.25, 0.3) is 10.4 Å². The molecule has 0 unspecified atom stereocenters. The van der Waals surface area contributed by atoms with E-state index in [9.17, 15) is 9.59 Å². The zero-order chi connectivity index (χ0) is 15.1. The lowest BCUT2D eigenvalue weighted by atomic mass is 10.1. The third-order valence-electron chi connectivity index (χ3n) is 2.75. The molecule has 1 amide bonds. The first-order valence-corrected chi connectivity index (χ1v) is 6.12. The van der Waals surface area contributed by atoms with Crippen molar-refractivity contribution < 1.29 is 14.3 Å². The molecule has 0 aliphatic heterocycles. The van der Waals surface area contributed by atoms with Gasteiger partial charge in [0.25, 0.3) is 0 Å². The molecule has 0 bridgehead atoms. The Morgan fingerprint density at radius 2 is 1.71 bits per heavy atom. The molecule has 21 heavy (non-hydrogen) atoms. The number of rotatable bonds is 4. The van der Waals surface area contributed by atoms with Crippen molar-refractivity contribution in [3.63, 3.8) is 0 Å². The summed E-state index contributed by atoms with van der Waals surface area (Å²) in [5.74, 6) is -1.19. The number of hydrogen-bond donors (Lipinski definition) is 0. The molecule has 2 rings (SSSR count). The minimum absolute atomic E-state index is 0.0728. The number of carbonyl (C=O) groups excluding carboxylic acids is 2. The Hall–Kier alpha value is -3.11. The summed E-state index contributed by atoms with van der Waals surface area (Å²) < 4.78 is 5.16. The molecule has 0 aromatic heterocycles. The number of azide groups is 1. The van der Waals surface area contributed by atoms with Gasteiger partial charge >= 0.3 is 5.97 Å². The van der Waals surface area contributed by atoms with Crippen LogP contribution in [-0.4, -0.2) is 11.9 Å². The molecule has 104 valence electrons. The number of nitrogens with zero attached hydrogens (tertiary/aromatic N) is 3. The van der Waals surface area contributed by atoms with Crippen LogP contribution in [0.2, 0.25) is 0 Å². The van der Waals surface area contributed by atoms with Crippen molar-refractivity contribution in [2.24, 2.45) is 5.11 Å². The van der Waals surface area contributed by atoms with E-state index in [-0.39, 0.29) is 12.2 Å². The molecule has 2 aromatic carbocycles. The second kappa shape index (κ2) is 6.88. The number of carbonyl (C=O) groups is 2. The lowest BCUT2D eigenvalue weighted by Gasteiger charge is -2.08. The molecule has 0 fully saturated rings. The highest BCUT2D eigenvalue weighted by atomic mass is 16.5. The zero-order valence-corrected chi connectivity index (χ0v) is 11.0. The van der Waals surface area contributed by atoms with Crippen molar-refractivity contribution in [1.82, 2.24) is 0 Å². The van der Waals surface area contributed by atoms with E-state index in [4.69, 9.17) is 10.3 Å². The number of benzene rings is 2. The summed E-state index contributed by atoms with van der Waals surface area (Å²) in [4.78, 5) is 25.9. The van der Waals surface area contributed by atoms with Gasteiger partial charge in [-0.15, -0.1) is 0 Å². The number of hydrogen-bond acceptors (Lipinski definition) is 3. The van der Waals surface area contributed by atoms with Gasteiger partial charge in [0.15, 0.2) is 0 Å². The summed E-state index contributed by atoms with van der Waals surface area (Å²) in [6.07, 6.45) is 0. The first kappa shape index (κ1) is 14.3. The summed E-state index contributed by atoms with van der Waals surface area (Å²) >= 11 is 0. The quantitative estimate of drug-likeness (QED) is 0.371. The summed E-state index contributed by atoms with van der Waals surface area (Å²) in [5, 5.41) is 3.04. The molecule has 0 heterocycles. The van der Waals surface area contributed by atoms with Crippen molar-refractivity contribution in [1.29, 1.82) is 0 Å². The van der Waals surface area contributed by atoms with Crippen molar-refractivity contribution >= 4 is 11.9 Å². The fourth-order valence-corrected chi connectivity index (χ4v) is 1.75. The van der Waals surface area contributed by atoms with Gasteiger partial charge in [0, 0.05) is 16.0 Å². The molecule has 6 nitrogen and oxygen atoms in total. The molecule has 0 N–H and O–H groups in total. The first-order chi connectivity index (χ1) is 10.2. The molecular formula is C15H11N3O3. The zero-order valence-electron chi connectivity index (χ0n) is 11.0. The van der Waals surface area contributed by atoms with Gasteiger partial charge in [-0.2, -0.15) is 0 Å². The lowest BCUT2D eigenvalue weighted by Crippen LogP contribution is -2.08. The Morgan fingerprint density at radius 3 is 2.43 bits per heavy atom. The maximum Gasteiger partial charge on any atom is 0.338 e. The van der Waals surface area contributed by atoms with Crippen LogP contribution in [0.3, 0.4) is 0 Å². The van der Waals surface area contributed by atoms with Crippen LogP contribution in [0.1, 0.15) is 26.3 Å². The minimum Gasteiger partial charge on any atom is -0.457 e. The first-order valence-electron chi connectivity index (χ1n) is 6.12. The van der Waals surface area contributed by atoms with Gasteiger partial charge in [0.05, 0.1) is 5.56 Å². The average Bonchev–Trinajstić information content (AvgIpc) is 2.54. The van der Waals surface area contributed by atoms with E-state index >= 15 is 0 Å². The summed E-state index contributed by atoms with van der Waals surface area (Å²) in [7, 11) is 0. The molecule has 0 atom stereocenters. The van der Waals surface area contributed by atoms with Crippen molar-refractivity contribution in [3.8, 4) is 0 Å². The summed E-state index contributed by atoms with van der Waals surface area (Å²) in [5.41, 5.74) is 9.44. The maximum atomic E-state index is 11.8. The predicted octanol–water partition coefficient (Wildman–Crippen LogP) is 3.49. The molecule has 0 saturated carbocycles. The Bertz CT molecular complexity index is 707. The molecule has 2 aromatic rings. The molecule has 0 spiro atoms. The van der Waals surface area contributed by atoms with E-state index in [2.05, 4.69) is 10.0 Å². The standard InChI is InChI=1S/C15H11N3O3/c16-18-17-14(19)13-9-5-4-8-12(13)10-21-15(20)11-6-2-1-3-7-11/h1-9H,10H2. The lowest BCUT2D eigenvalue weighted by molar-refractivity contribution is 0.0470. The highest BCUT2D eigenvalue weighted by Crippen LogP contribution is 2.13. The largest absolute Gasteiger partial charge is 0.457 e. The normalized spacial score (nSPS) is 9.52. The van der Waals surface area contributed by atoms with Crippen molar-refractivity contribution in [2.45, 2.75) is 6.61 Å². The minimum atomic E-state index is -0.705. The van der Waals surface area contributed by atoms with Gasteiger partial charge in [-0.05, 0) is 22.8 Å². The predicted molar refractivity (Wildman–Crippen MR) is 75.5 cm³/mol. The Kier molecular flexibility index (Phi) is 4.69. The van der Waals surface area contributed by atoms with Gasteiger partial charge in [-0.3, -0.25) is 4.79 Å². The summed E-state index contributed by atoms with van der Waals surface area (Å²) in [6, 6.07) is 15.0. The van der Waals surface area contributed by atoms with Gasteiger partial charge in [-0.1, -0.05) is 42.5 Å². The van der Waals surface area contributed by atoms with Gasteiger partial charge in [0.1, 0.15) is 6.61 Å². The van der Waals surface area contributed by atoms with Crippen LogP contribution in [0.4, 0.5) is 0 Å². The molecule has 0 radical (unpaired) electrons. The molecular weight excluding hydrogens is 270 g/mol. The fraction of sp³-hybridized carbons (Fsp3) is 0.0667. The molecule has 6 heteroatoms. The van der Waals surface area contributed by atoms with E-state index in [1.807, 2.05) is 0 Å². The van der Waals surface area contributed by atoms with Gasteiger partial charge in [0.2, 0.25) is 5.91 Å². The van der Waals surface area contributed by atoms with E-state index in [0.29, 0.717) is 11.1 Å². The SMILES string of the molecule is [N-]=[N+]=NC(=O)c1ccccc1COC(=O)c1ccccc1. The van der Waals surface area contributed by atoms with E-state index in [1.54, 1.807) is 48.5 Å². The van der Waals surface area contributed by atoms with Crippen molar-refractivity contribution in [2.75, 3.05) is 0 Å². The number of ether oxygens (including phenoxy) is 1. The maximum absolute atomic E-state index is 11.8. The fourth-order valence-electron chi connectivity index (χ4n) is 1.75. The van der Waals surface area contributed by atoms with Crippen LogP contribution in [0, 0.1) is 0 Å². The smallest absolute Gasteiger partial charge is 0.338 e. The van der Waals surface area contributed by atoms with Crippen LogP contribution in [0.5, 0.6) is 0 Å². The third-order valence-corrected chi connectivity index (χ3v) is 2.75. The summed E-state index contributed by atoms with van der Waals surface area (Å²) in [6.45, 7) is -0.0728. The third kappa shape index (κ3) is 3.68. The number of esters is 1. The van der Waals surface area contributed by atoms with Gasteiger partial charge < -0.3 is 4.74 Å². The Morgan fingerprint density at radius 1 is 1.05 bits per heavy atom. The monoisotopic (exact) mass is 281 g/mol. The van der Waals surface area contributed by atoms with E-state index in [0.717, 1.165) is 0 Å². The van der Waals surface area contributed by atoms with Gasteiger partial charge in [-0.25, -0.2) is 4.79 Å². The number of amides is 1. The second-order valence-electron chi connectivity index (χ2n) is 4.09. The van der Waals surface area contributed by atoms with E-state index < -0.39 is 11.9 Å². The average molecular weight is 281 g/mol. The van der Waals surface area contributed by atoms with E-state index in [1.165, 1.54) is 6.07 Å². The Balaban J connectivity index is 2.12. The van der Waals surface area contributed by atoms with Crippen LogP contribution >= 0.6 is 0 Å². The second-order valence-corrected chi connectivity index (χ2v) is 4.09. The van der Waals surface area contributed by atoms with Crippen molar-refractivity contribution in [3.05, 3.63) is 81.7 Å². The Labute approximate surface area is 120 Å².